The number of thioether (sulfide) groups is 1. The van der Waals surface area contributed by atoms with Gasteiger partial charge in [-0.25, -0.2) is 0 Å². The Morgan fingerprint density at radius 2 is 1.85 bits per heavy atom. The van der Waals surface area contributed by atoms with E-state index >= 15 is 0 Å². The fraction of sp³-hybridized carbons (Fsp3) is 0.737. The molecule has 0 spiro atoms. The molecule has 0 N–H and O–H groups in total. The lowest BCUT2D eigenvalue weighted by Gasteiger charge is -2.30. The second-order valence-electron chi connectivity index (χ2n) is 7.84. The maximum Gasteiger partial charge on any atom is 0.312 e. The molecule has 4 aliphatic heterocycles. The van der Waals surface area contributed by atoms with Gasteiger partial charge in [-0.1, -0.05) is 25.0 Å². The van der Waals surface area contributed by atoms with Gasteiger partial charge in [-0.15, -0.1) is 11.8 Å². The Morgan fingerprint density at radius 1 is 1.19 bits per heavy atom. The fourth-order valence-electron chi connectivity index (χ4n) is 5.51. The van der Waals surface area contributed by atoms with Crippen molar-refractivity contribution in [3.63, 3.8) is 0 Å². The zero-order valence-corrected chi connectivity index (χ0v) is 15.5. The predicted molar refractivity (Wildman–Crippen MR) is 93.9 cm³/mol. The van der Waals surface area contributed by atoms with Gasteiger partial charge < -0.3 is 9.47 Å². The van der Waals surface area contributed by atoms with Gasteiger partial charge in [-0.05, 0) is 25.7 Å². The summed E-state index contributed by atoms with van der Waals surface area (Å²) in [5.74, 6) is -1.61. The van der Waals surface area contributed by atoms with Crippen LogP contribution in [0.15, 0.2) is 12.2 Å². The number of amides is 2. The lowest BCUT2D eigenvalue weighted by molar-refractivity contribution is -0.154. The van der Waals surface area contributed by atoms with Crippen molar-refractivity contribution in [2.45, 2.75) is 55.4 Å². The maximum absolute atomic E-state index is 13.1. The Labute approximate surface area is 156 Å². The highest BCUT2D eigenvalue weighted by molar-refractivity contribution is 8.00. The molecule has 1 saturated carbocycles. The van der Waals surface area contributed by atoms with Crippen molar-refractivity contribution in [2.24, 2.45) is 23.7 Å². The van der Waals surface area contributed by atoms with E-state index in [1.54, 1.807) is 18.7 Å². The van der Waals surface area contributed by atoms with Gasteiger partial charge >= 0.3 is 5.97 Å². The number of carbonyl (C=O) groups excluding carboxylic acids is 3. The van der Waals surface area contributed by atoms with E-state index in [0.29, 0.717) is 11.9 Å². The van der Waals surface area contributed by atoms with Crippen LogP contribution in [0.4, 0.5) is 0 Å². The van der Waals surface area contributed by atoms with Crippen LogP contribution in [0, 0.1) is 23.7 Å². The molecule has 8 unspecified atom stereocenters. The molecule has 5 rings (SSSR count). The van der Waals surface area contributed by atoms with Crippen molar-refractivity contribution in [3.8, 4) is 0 Å². The van der Waals surface area contributed by atoms with Crippen molar-refractivity contribution in [3.05, 3.63) is 12.2 Å². The van der Waals surface area contributed by atoms with Gasteiger partial charge in [0.2, 0.25) is 11.8 Å². The lowest BCUT2D eigenvalue weighted by atomic mass is 9.79. The molecule has 6 nitrogen and oxygen atoms in total. The van der Waals surface area contributed by atoms with Crippen LogP contribution in [0.1, 0.15) is 32.6 Å². The molecular formula is C19H23NO5S. The van der Waals surface area contributed by atoms with Crippen LogP contribution in [-0.2, 0) is 23.9 Å². The summed E-state index contributed by atoms with van der Waals surface area (Å²) in [5.41, 5.74) is 0. The summed E-state index contributed by atoms with van der Waals surface area (Å²) in [5, 5.41) is -0.0950. The molecule has 4 heterocycles. The summed E-state index contributed by atoms with van der Waals surface area (Å²) >= 11 is 1.65. The molecule has 0 radical (unpaired) electrons. The Hall–Kier alpha value is -1.34. The van der Waals surface area contributed by atoms with Crippen LogP contribution >= 0.6 is 11.8 Å². The summed E-state index contributed by atoms with van der Waals surface area (Å²) in [7, 11) is 0. The Morgan fingerprint density at radius 3 is 2.50 bits per heavy atom. The molecule has 1 aliphatic carbocycles. The van der Waals surface area contributed by atoms with Crippen molar-refractivity contribution in [1.82, 2.24) is 4.90 Å². The number of hydrogen-bond donors (Lipinski definition) is 0. The molecule has 5 aliphatic rings. The Bertz CT molecular complexity index is 663. The normalized spacial score (nSPS) is 46.0. The van der Waals surface area contributed by atoms with Crippen molar-refractivity contribution >= 4 is 29.5 Å². The van der Waals surface area contributed by atoms with Crippen LogP contribution in [-0.4, -0.2) is 52.1 Å². The van der Waals surface area contributed by atoms with Crippen LogP contribution in [0.25, 0.3) is 0 Å². The summed E-state index contributed by atoms with van der Waals surface area (Å²) in [6.07, 6.45) is 7.46. The topological polar surface area (TPSA) is 72.9 Å². The minimum Gasteiger partial charge on any atom is -0.466 e. The molecule has 140 valence electrons. The number of likely N-dealkylation sites (tertiary alicyclic amines) is 1. The third kappa shape index (κ3) is 2.19. The molecule has 26 heavy (non-hydrogen) atoms. The van der Waals surface area contributed by atoms with Crippen LogP contribution in [0.3, 0.4) is 0 Å². The van der Waals surface area contributed by atoms with Crippen LogP contribution in [0.2, 0.25) is 0 Å². The molecule has 0 aromatic heterocycles. The first-order chi connectivity index (χ1) is 12.6. The third-order valence-electron chi connectivity index (χ3n) is 6.59. The van der Waals surface area contributed by atoms with Crippen molar-refractivity contribution < 1.29 is 23.9 Å². The summed E-state index contributed by atoms with van der Waals surface area (Å²) in [6.45, 7) is 2.11. The average molecular weight is 377 g/mol. The van der Waals surface area contributed by atoms with E-state index in [9.17, 15) is 14.4 Å². The zero-order chi connectivity index (χ0) is 18.0. The van der Waals surface area contributed by atoms with E-state index in [1.165, 1.54) is 4.90 Å². The van der Waals surface area contributed by atoms with Gasteiger partial charge in [0.25, 0.3) is 0 Å². The molecule has 2 amide bonds. The number of ether oxygens (including phenoxy) is 2. The average Bonchev–Trinajstić information content (AvgIpc) is 3.37. The first kappa shape index (κ1) is 16.8. The maximum atomic E-state index is 13.1. The van der Waals surface area contributed by atoms with Gasteiger partial charge in [0, 0.05) is 5.25 Å². The number of esters is 1. The smallest absolute Gasteiger partial charge is 0.312 e. The third-order valence-corrected chi connectivity index (χ3v) is 8.31. The number of nitrogens with zero attached hydrogens (tertiary/aromatic N) is 1. The van der Waals surface area contributed by atoms with Crippen molar-refractivity contribution in [1.29, 1.82) is 0 Å². The molecule has 2 bridgehead atoms. The van der Waals surface area contributed by atoms with Gasteiger partial charge in [-0.3, -0.25) is 19.3 Å². The molecule has 0 aromatic rings. The van der Waals surface area contributed by atoms with E-state index in [4.69, 9.17) is 9.47 Å². The number of hydrogen-bond acceptors (Lipinski definition) is 6. The highest BCUT2D eigenvalue weighted by Gasteiger charge is 2.64. The molecule has 8 atom stereocenters. The number of rotatable bonds is 3. The number of imide groups is 1. The zero-order valence-electron chi connectivity index (χ0n) is 14.7. The highest BCUT2D eigenvalue weighted by atomic mass is 32.2. The van der Waals surface area contributed by atoms with E-state index in [1.807, 2.05) is 12.2 Å². The van der Waals surface area contributed by atoms with Gasteiger partial charge in [0.15, 0.2) is 0 Å². The van der Waals surface area contributed by atoms with Gasteiger partial charge in [-0.2, -0.15) is 0 Å². The van der Waals surface area contributed by atoms with Crippen molar-refractivity contribution in [2.75, 3.05) is 6.61 Å². The second-order valence-corrected chi connectivity index (χ2v) is 9.20. The first-order valence-electron chi connectivity index (χ1n) is 9.64. The quantitative estimate of drug-likeness (QED) is 0.424. The predicted octanol–water partition coefficient (Wildman–Crippen LogP) is 1.74. The van der Waals surface area contributed by atoms with E-state index in [0.717, 1.165) is 25.7 Å². The summed E-state index contributed by atoms with van der Waals surface area (Å²) < 4.78 is 11.1. The largest absolute Gasteiger partial charge is 0.466 e. The summed E-state index contributed by atoms with van der Waals surface area (Å²) in [4.78, 5) is 40.4. The SMILES string of the molecule is CCOC(=O)C1C2CCCCC2SC1N1C(=O)C2C3C=CC(O3)C2C1=O. The lowest BCUT2D eigenvalue weighted by Crippen LogP contribution is -2.46. The van der Waals surface area contributed by atoms with Gasteiger partial charge in [0.1, 0.15) is 0 Å². The minimum atomic E-state index is -0.424. The number of carbonyl (C=O) groups is 3. The van der Waals surface area contributed by atoms with Crippen LogP contribution < -0.4 is 0 Å². The fourth-order valence-corrected chi connectivity index (χ4v) is 7.49. The monoisotopic (exact) mass is 377 g/mol. The Kier molecular flexibility index (Phi) is 3.94. The molecular weight excluding hydrogens is 354 g/mol. The Balaban J connectivity index is 1.47. The van der Waals surface area contributed by atoms with Crippen LogP contribution in [0.5, 0.6) is 0 Å². The summed E-state index contributed by atoms with van der Waals surface area (Å²) in [6, 6.07) is 0. The first-order valence-corrected chi connectivity index (χ1v) is 10.6. The molecule has 7 heteroatoms. The molecule has 0 aromatic carbocycles. The van der Waals surface area contributed by atoms with Gasteiger partial charge in [0.05, 0.1) is 41.9 Å². The van der Waals surface area contributed by atoms with E-state index in [-0.39, 0.29) is 35.9 Å². The van der Waals surface area contributed by atoms with E-state index < -0.39 is 23.1 Å². The minimum absolute atomic E-state index is 0.165. The van der Waals surface area contributed by atoms with E-state index in [2.05, 4.69) is 0 Å². The standard InChI is InChI=1S/C19H23NO5S/c1-2-24-19(23)13-9-5-3-4-6-12(9)26-18(13)20-16(21)14-10-7-8-11(25-10)15(14)17(20)22/h7-15,18H,2-6H2,1H3. The number of fused-ring (bicyclic) bond motifs is 6. The second kappa shape index (κ2) is 6.09. The molecule has 3 saturated heterocycles. The molecule has 4 fully saturated rings. The highest BCUT2D eigenvalue weighted by Crippen LogP contribution is 2.54.